The number of rotatable bonds is 8. The van der Waals surface area contributed by atoms with Gasteiger partial charge in [0.15, 0.2) is 5.96 Å². The fourth-order valence-electron chi connectivity index (χ4n) is 2.26. The van der Waals surface area contributed by atoms with Crippen LogP contribution < -0.4 is 20.1 Å². The summed E-state index contributed by atoms with van der Waals surface area (Å²) in [5.41, 5.74) is 2.12. The molecule has 0 amide bonds. The molecule has 2 aromatic rings. The van der Waals surface area contributed by atoms with E-state index in [1.807, 2.05) is 36.4 Å². The summed E-state index contributed by atoms with van der Waals surface area (Å²) in [6.45, 7) is 3.98. The van der Waals surface area contributed by atoms with Crippen LogP contribution in [0.15, 0.2) is 47.6 Å². The highest BCUT2D eigenvalue weighted by atomic mass is 16.5. The minimum Gasteiger partial charge on any atom is -0.497 e. The first-order valence-electron chi connectivity index (χ1n) is 8.41. The van der Waals surface area contributed by atoms with Gasteiger partial charge in [0.1, 0.15) is 5.75 Å². The van der Waals surface area contributed by atoms with Crippen molar-refractivity contribution in [1.29, 1.82) is 0 Å². The molecule has 0 saturated heterocycles. The van der Waals surface area contributed by atoms with Gasteiger partial charge in [-0.25, -0.2) is 4.98 Å². The summed E-state index contributed by atoms with van der Waals surface area (Å²) in [7, 11) is 3.41. The van der Waals surface area contributed by atoms with Gasteiger partial charge in [0.05, 0.1) is 13.7 Å². The molecular weight excluding hydrogens is 316 g/mol. The second-order valence-electron chi connectivity index (χ2n) is 5.45. The van der Waals surface area contributed by atoms with Crippen molar-refractivity contribution in [2.45, 2.75) is 26.4 Å². The molecule has 1 aromatic heterocycles. The SMILES string of the molecule is CCCOc1ncccc1CNC(=NC)NCc1cccc(OC)c1. The van der Waals surface area contributed by atoms with Crippen LogP contribution in [0.1, 0.15) is 24.5 Å². The van der Waals surface area contributed by atoms with E-state index in [2.05, 4.69) is 27.5 Å². The monoisotopic (exact) mass is 342 g/mol. The van der Waals surface area contributed by atoms with Crippen LogP contribution >= 0.6 is 0 Å². The summed E-state index contributed by atoms with van der Waals surface area (Å²) in [5, 5.41) is 6.58. The fraction of sp³-hybridized carbons (Fsp3) is 0.368. The van der Waals surface area contributed by atoms with Crippen LogP contribution in [0.3, 0.4) is 0 Å². The topological polar surface area (TPSA) is 67.8 Å². The second kappa shape index (κ2) is 10.2. The molecule has 0 aliphatic carbocycles. The van der Waals surface area contributed by atoms with E-state index in [-0.39, 0.29) is 0 Å². The zero-order valence-corrected chi connectivity index (χ0v) is 15.1. The molecular formula is C19H26N4O2. The number of ether oxygens (including phenoxy) is 2. The van der Waals surface area contributed by atoms with Crippen molar-refractivity contribution < 1.29 is 9.47 Å². The predicted octanol–water partition coefficient (Wildman–Crippen LogP) is 2.74. The Morgan fingerprint density at radius 1 is 1.16 bits per heavy atom. The third-order valence-corrected chi connectivity index (χ3v) is 3.56. The first-order chi connectivity index (χ1) is 12.3. The van der Waals surface area contributed by atoms with Gasteiger partial charge < -0.3 is 20.1 Å². The molecule has 0 atom stereocenters. The number of aromatic nitrogens is 1. The smallest absolute Gasteiger partial charge is 0.218 e. The minimum atomic E-state index is 0.588. The maximum atomic E-state index is 5.68. The Morgan fingerprint density at radius 3 is 2.76 bits per heavy atom. The van der Waals surface area contributed by atoms with Gasteiger partial charge >= 0.3 is 0 Å². The third kappa shape index (κ3) is 5.99. The Hall–Kier alpha value is -2.76. The Labute approximate surface area is 149 Å². The van der Waals surface area contributed by atoms with E-state index >= 15 is 0 Å². The van der Waals surface area contributed by atoms with Crippen molar-refractivity contribution >= 4 is 5.96 Å². The van der Waals surface area contributed by atoms with Gasteiger partial charge in [-0.05, 0) is 30.2 Å². The molecule has 0 aliphatic rings. The number of benzene rings is 1. The average Bonchev–Trinajstić information content (AvgIpc) is 2.67. The lowest BCUT2D eigenvalue weighted by Crippen LogP contribution is -2.36. The Bertz CT molecular complexity index is 689. The number of aliphatic imine (C=N–C) groups is 1. The van der Waals surface area contributed by atoms with E-state index in [0.717, 1.165) is 23.3 Å². The Morgan fingerprint density at radius 2 is 2.00 bits per heavy atom. The van der Waals surface area contributed by atoms with Gasteiger partial charge in [0, 0.05) is 31.9 Å². The van der Waals surface area contributed by atoms with Crippen LogP contribution in [-0.4, -0.2) is 31.7 Å². The molecule has 6 heteroatoms. The first-order valence-corrected chi connectivity index (χ1v) is 8.41. The molecule has 134 valence electrons. The molecule has 25 heavy (non-hydrogen) atoms. The maximum absolute atomic E-state index is 5.68. The van der Waals surface area contributed by atoms with Gasteiger partial charge in [0.25, 0.3) is 0 Å². The number of nitrogens with one attached hydrogen (secondary N) is 2. The molecule has 0 saturated carbocycles. The lowest BCUT2D eigenvalue weighted by molar-refractivity contribution is 0.301. The van der Waals surface area contributed by atoms with Gasteiger partial charge in [-0.3, -0.25) is 4.99 Å². The van der Waals surface area contributed by atoms with Crippen molar-refractivity contribution in [2.75, 3.05) is 20.8 Å². The van der Waals surface area contributed by atoms with E-state index in [1.54, 1.807) is 20.4 Å². The molecule has 0 bridgehead atoms. The molecule has 2 rings (SSSR count). The van der Waals surface area contributed by atoms with Gasteiger partial charge in [-0.15, -0.1) is 0 Å². The van der Waals surface area contributed by atoms with Crippen LogP contribution in [0.2, 0.25) is 0 Å². The first kappa shape index (κ1) is 18.6. The van der Waals surface area contributed by atoms with E-state index < -0.39 is 0 Å². The largest absolute Gasteiger partial charge is 0.497 e. The van der Waals surface area contributed by atoms with E-state index in [0.29, 0.717) is 31.5 Å². The maximum Gasteiger partial charge on any atom is 0.218 e. The molecule has 1 aromatic carbocycles. The quantitative estimate of drug-likeness (QED) is 0.570. The van der Waals surface area contributed by atoms with Crippen molar-refractivity contribution in [2.24, 2.45) is 4.99 Å². The van der Waals surface area contributed by atoms with Crippen LogP contribution in [0, 0.1) is 0 Å². The van der Waals surface area contributed by atoms with Crippen molar-refractivity contribution in [3.05, 3.63) is 53.7 Å². The summed E-state index contributed by atoms with van der Waals surface area (Å²) in [5.74, 6) is 2.23. The van der Waals surface area contributed by atoms with Gasteiger partial charge in [0.2, 0.25) is 5.88 Å². The number of hydrogen-bond donors (Lipinski definition) is 2. The van der Waals surface area contributed by atoms with Crippen LogP contribution in [0.5, 0.6) is 11.6 Å². The summed E-state index contributed by atoms with van der Waals surface area (Å²) in [6, 6.07) is 11.8. The van der Waals surface area contributed by atoms with Crippen LogP contribution in [0.25, 0.3) is 0 Å². The number of nitrogens with zero attached hydrogens (tertiary/aromatic N) is 2. The molecule has 0 radical (unpaired) electrons. The summed E-state index contributed by atoms with van der Waals surface area (Å²) < 4.78 is 10.9. The van der Waals surface area contributed by atoms with Crippen molar-refractivity contribution in [3.63, 3.8) is 0 Å². The average molecular weight is 342 g/mol. The van der Waals surface area contributed by atoms with Crippen molar-refractivity contribution in [1.82, 2.24) is 15.6 Å². The standard InChI is InChI=1S/C19H26N4O2/c1-4-11-25-18-16(8-6-10-21-18)14-23-19(20-2)22-13-15-7-5-9-17(12-15)24-3/h5-10,12H,4,11,13-14H2,1-3H3,(H2,20,22,23). The highest BCUT2D eigenvalue weighted by molar-refractivity contribution is 5.79. The molecule has 0 aliphatic heterocycles. The predicted molar refractivity (Wildman–Crippen MR) is 100 cm³/mol. The molecule has 2 N–H and O–H groups in total. The van der Waals surface area contributed by atoms with E-state index in [4.69, 9.17) is 9.47 Å². The zero-order valence-electron chi connectivity index (χ0n) is 15.1. The number of hydrogen-bond acceptors (Lipinski definition) is 4. The van der Waals surface area contributed by atoms with Crippen LogP contribution in [-0.2, 0) is 13.1 Å². The molecule has 1 heterocycles. The third-order valence-electron chi connectivity index (χ3n) is 3.56. The zero-order chi connectivity index (χ0) is 17.9. The fourth-order valence-corrected chi connectivity index (χ4v) is 2.26. The molecule has 0 unspecified atom stereocenters. The van der Waals surface area contributed by atoms with Gasteiger partial charge in [-0.1, -0.05) is 25.1 Å². The van der Waals surface area contributed by atoms with E-state index in [9.17, 15) is 0 Å². The van der Waals surface area contributed by atoms with Crippen LogP contribution in [0.4, 0.5) is 0 Å². The summed E-state index contributed by atoms with van der Waals surface area (Å²) in [4.78, 5) is 8.55. The highest BCUT2D eigenvalue weighted by Crippen LogP contribution is 2.14. The van der Waals surface area contributed by atoms with E-state index in [1.165, 1.54) is 0 Å². The second-order valence-corrected chi connectivity index (χ2v) is 5.45. The molecule has 0 spiro atoms. The minimum absolute atomic E-state index is 0.588. The number of pyridine rings is 1. The van der Waals surface area contributed by atoms with Gasteiger partial charge in [-0.2, -0.15) is 0 Å². The molecule has 6 nitrogen and oxygen atoms in total. The number of guanidine groups is 1. The molecule has 0 fully saturated rings. The number of methoxy groups -OCH3 is 1. The summed E-state index contributed by atoms with van der Waals surface area (Å²) >= 11 is 0. The Balaban J connectivity index is 1.90. The lowest BCUT2D eigenvalue weighted by atomic mass is 10.2. The Kier molecular flexibility index (Phi) is 7.56. The lowest BCUT2D eigenvalue weighted by Gasteiger charge is -2.14. The highest BCUT2D eigenvalue weighted by Gasteiger charge is 2.06. The summed E-state index contributed by atoms with van der Waals surface area (Å²) in [6.07, 6.45) is 2.69. The normalized spacial score (nSPS) is 11.1. The van der Waals surface area contributed by atoms with Crippen molar-refractivity contribution in [3.8, 4) is 11.6 Å².